The zero-order valence-corrected chi connectivity index (χ0v) is 7.77. The summed E-state index contributed by atoms with van der Waals surface area (Å²) in [7, 11) is 1.50. The lowest BCUT2D eigenvalue weighted by atomic mass is 10.4. The first-order valence-corrected chi connectivity index (χ1v) is 3.78. The number of methoxy groups -OCH3 is 1. The van der Waals surface area contributed by atoms with Gasteiger partial charge in [-0.3, -0.25) is 0 Å². The van der Waals surface area contributed by atoms with E-state index in [1.54, 1.807) is 13.0 Å². The van der Waals surface area contributed by atoms with Crippen LogP contribution in [0.15, 0.2) is 19.8 Å². The highest BCUT2D eigenvalue weighted by Gasteiger charge is 2.06. The van der Waals surface area contributed by atoms with Gasteiger partial charge in [-0.15, -0.1) is 0 Å². The van der Waals surface area contributed by atoms with Crippen molar-refractivity contribution in [3.8, 4) is 5.75 Å². The Hall–Kier alpha value is -0.770. The first-order chi connectivity index (χ1) is 5.15. The summed E-state index contributed by atoms with van der Waals surface area (Å²) >= 11 is 3.04. The third-order valence-corrected chi connectivity index (χ3v) is 1.92. The monoisotopic (exact) mass is 218 g/mol. The maximum atomic E-state index is 10.9. The molecule has 0 bridgehead atoms. The molecular formula is C7H7BrO3. The highest BCUT2D eigenvalue weighted by Crippen LogP contribution is 2.20. The van der Waals surface area contributed by atoms with Crippen LogP contribution < -0.4 is 10.4 Å². The summed E-state index contributed by atoms with van der Waals surface area (Å²) in [6.07, 6.45) is 0. The number of hydrogen-bond acceptors (Lipinski definition) is 3. The molecule has 0 atom stereocenters. The van der Waals surface area contributed by atoms with E-state index in [-0.39, 0.29) is 0 Å². The molecule has 0 amide bonds. The minimum atomic E-state index is -0.415. The van der Waals surface area contributed by atoms with E-state index in [2.05, 4.69) is 15.9 Å². The Morgan fingerprint density at radius 1 is 1.64 bits per heavy atom. The predicted molar refractivity (Wildman–Crippen MR) is 44.0 cm³/mol. The van der Waals surface area contributed by atoms with Crippen molar-refractivity contribution in [2.24, 2.45) is 0 Å². The molecule has 0 spiro atoms. The van der Waals surface area contributed by atoms with Gasteiger partial charge in [-0.2, -0.15) is 0 Å². The topological polar surface area (TPSA) is 39.4 Å². The van der Waals surface area contributed by atoms with Gasteiger partial charge in [-0.05, 0) is 22.9 Å². The molecular weight excluding hydrogens is 212 g/mol. The number of hydrogen-bond donors (Lipinski definition) is 0. The number of aryl methyl sites for hydroxylation is 1. The van der Waals surface area contributed by atoms with Gasteiger partial charge in [-0.1, -0.05) is 0 Å². The Labute approximate surface area is 72.1 Å². The van der Waals surface area contributed by atoms with Crippen LogP contribution in [0.1, 0.15) is 5.76 Å². The van der Waals surface area contributed by atoms with Gasteiger partial charge < -0.3 is 9.15 Å². The highest BCUT2D eigenvalue weighted by atomic mass is 79.9. The Balaban J connectivity index is 3.36. The van der Waals surface area contributed by atoms with Crippen LogP contribution in [-0.4, -0.2) is 7.11 Å². The molecule has 60 valence electrons. The molecule has 4 heteroatoms. The minimum Gasteiger partial charge on any atom is -0.495 e. The highest BCUT2D eigenvalue weighted by molar-refractivity contribution is 9.10. The number of halogens is 1. The van der Waals surface area contributed by atoms with Crippen molar-refractivity contribution in [2.75, 3.05) is 7.11 Å². The largest absolute Gasteiger partial charge is 0.495 e. The first kappa shape index (κ1) is 8.33. The van der Waals surface area contributed by atoms with Crippen molar-refractivity contribution in [1.29, 1.82) is 0 Å². The summed E-state index contributed by atoms with van der Waals surface area (Å²) in [4.78, 5) is 10.9. The Kier molecular flexibility index (Phi) is 2.34. The molecule has 3 nitrogen and oxygen atoms in total. The van der Waals surface area contributed by atoms with E-state index in [9.17, 15) is 4.79 Å². The molecule has 0 fully saturated rings. The lowest BCUT2D eigenvalue weighted by Crippen LogP contribution is -2.02. The normalized spacial score (nSPS) is 9.73. The second kappa shape index (κ2) is 3.09. The summed E-state index contributed by atoms with van der Waals surface area (Å²) in [6.45, 7) is 1.69. The lowest BCUT2D eigenvalue weighted by Gasteiger charge is -2.00. The Morgan fingerprint density at radius 3 is 2.82 bits per heavy atom. The van der Waals surface area contributed by atoms with Crippen LogP contribution in [0.3, 0.4) is 0 Å². The summed E-state index contributed by atoms with van der Waals surface area (Å²) in [5.74, 6) is 1.04. The molecule has 1 aromatic heterocycles. The van der Waals surface area contributed by atoms with Gasteiger partial charge in [-0.25, -0.2) is 4.79 Å². The van der Waals surface area contributed by atoms with Crippen molar-refractivity contribution in [1.82, 2.24) is 0 Å². The fourth-order valence-corrected chi connectivity index (χ4v) is 1.07. The zero-order chi connectivity index (χ0) is 8.43. The molecule has 0 radical (unpaired) electrons. The summed E-state index contributed by atoms with van der Waals surface area (Å²) in [6, 6.07) is 1.64. The van der Waals surface area contributed by atoms with Gasteiger partial charge in [0.25, 0.3) is 0 Å². The molecule has 1 rings (SSSR count). The predicted octanol–water partition coefficient (Wildman–Crippen LogP) is 1.72. The number of rotatable bonds is 1. The average molecular weight is 219 g/mol. The standard InChI is InChI=1S/C7H7BrO3/c1-4-3-5(10-2)6(8)7(9)11-4/h3H,1-2H3. The van der Waals surface area contributed by atoms with Gasteiger partial charge in [0.2, 0.25) is 0 Å². The van der Waals surface area contributed by atoms with Crippen molar-refractivity contribution in [3.63, 3.8) is 0 Å². The lowest BCUT2D eigenvalue weighted by molar-refractivity contribution is 0.392. The molecule has 0 N–H and O–H groups in total. The van der Waals surface area contributed by atoms with Crippen LogP contribution in [0.2, 0.25) is 0 Å². The third kappa shape index (κ3) is 1.63. The van der Waals surface area contributed by atoms with Gasteiger partial charge in [0, 0.05) is 6.07 Å². The third-order valence-electron chi connectivity index (χ3n) is 1.20. The maximum absolute atomic E-state index is 10.9. The SMILES string of the molecule is COc1cc(C)oc(=O)c1Br. The van der Waals surface area contributed by atoms with Crippen molar-refractivity contribution < 1.29 is 9.15 Å². The van der Waals surface area contributed by atoms with E-state index in [1.807, 2.05) is 0 Å². The number of ether oxygens (including phenoxy) is 1. The van der Waals surface area contributed by atoms with E-state index in [0.29, 0.717) is 16.0 Å². The molecule has 0 aliphatic rings. The van der Waals surface area contributed by atoms with Crippen LogP contribution in [0.25, 0.3) is 0 Å². The summed E-state index contributed by atoms with van der Waals surface area (Å²) in [5, 5.41) is 0. The Bertz CT molecular complexity index is 316. The summed E-state index contributed by atoms with van der Waals surface area (Å²) < 4.78 is 9.99. The van der Waals surface area contributed by atoms with Crippen LogP contribution >= 0.6 is 15.9 Å². The van der Waals surface area contributed by atoms with Crippen LogP contribution in [0.5, 0.6) is 5.75 Å². The van der Waals surface area contributed by atoms with E-state index >= 15 is 0 Å². The van der Waals surface area contributed by atoms with Gasteiger partial charge in [0.15, 0.2) is 0 Å². The van der Waals surface area contributed by atoms with E-state index in [4.69, 9.17) is 9.15 Å². The van der Waals surface area contributed by atoms with E-state index < -0.39 is 5.63 Å². The van der Waals surface area contributed by atoms with Gasteiger partial charge in [0.05, 0.1) is 7.11 Å². The fourth-order valence-electron chi connectivity index (χ4n) is 0.718. The second-order valence-corrected chi connectivity index (χ2v) is 2.82. The minimum absolute atomic E-state index is 0.325. The van der Waals surface area contributed by atoms with Crippen molar-refractivity contribution in [3.05, 3.63) is 26.7 Å². The second-order valence-electron chi connectivity index (χ2n) is 2.03. The van der Waals surface area contributed by atoms with Crippen LogP contribution in [0, 0.1) is 6.92 Å². The van der Waals surface area contributed by atoms with Gasteiger partial charge >= 0.3 is 5.63 Å². The molecule has 0 aliphatic carbocycles. The fraction of sp³-hybridized carbons (Fsp3) is 0.286. The van der Waals surface area contributed by atoms with E-state index in [0.717, 1.165) is 0 Å². The molecule has 0 aromatic carbocycles. The molecule has 1 aromatic rings. The first-order valence-electron chi connectivity index (χ1n) is 2.99. The molecule has 1 heterocycles. The van der Waals surface area contributed by atoms with E-state index in [1.165, 1.54) is 7.11 Å². The van der Waals surface area contributed by atoms with Gasteiger partial charge in [0.1, 0.15) is 16.0 Å². The maximum Gasteiger partial charge on any atom is 0.354 e. The molecule has 0 unspecified atom stereocenters. The van der Waals surface area contributed by atoms with Crippen molar-refractivity contribution >= 4 is 15.9 Å². The quantitative estimate of drug-likeness (QED) is 0.721. The van der Waals surface area contributed by atoms with Crippen LogP contribution in [0.4, 0.5) is 0 Å². The molecule has 0 aliphatic heterocycles. The molecule has 11 heavy (non-hydrogen) atoms. The smallest absolute Gasteiger partial charge is 0.354 e. The zero-order valence-electron chi connectivity index (χ0n) is 6.18. The van der Waals surface area contributed by atoms with Crippen LogP contribution in [-0.2, 0) is 0 Å². The average Bonchev–Trinajstić information content (AvgIpc) is 1.96. The molecule has 0 saturated carbocycles. The van der Waals surface area contributed by atoms with Crippen molar-refractivity contribution in [2.45, 2.75) is 6.92 Å². The Morgan fingerprint density at radius 2 is 2.27 bits per heavy atom. The summed E-state index contributed by atoms with van der Waals surface area (Å²) in [5.41, 5.74) is -0.415. The molecule has 0 saturated heterocycles.